The fourth-order valence-electron chi connectivity index (χ4n) is 3.86. The Morgan fingerprint density at radius 3 is 2.81 bits per heavy atom. The van der Waals surface area contributed by atoms with Crippen molar-refractivity contribution in [2.24, 2.45) is 5.41 Å². The summed E-state index contributed by atoms with van der Waals surface area (Å²) in [4.78, 5) is 17.4. The predicted molar refractivity (Wildman–Crippen MR) is 102 cm³/mol. The van der Waals surface area contributed by atoms with E-state index in [4.69, 9.17) is 0 Å². The van der Waals surface area contributed by atoms with Crippen LogP contribution in [-0.4, -0.2) is 10.9 Å². The lowest BCUT2D eigenvalue weighted by Crippen LogP contribution is -2.37. The number of nitrogens with zero attached hydrogens (tertiary/aromatic N) is 2. The number of nitrogens with one attached hydrogen (secondary N) is 1. The molecule has 0 aliphatic heterocycles. The van der Waals surface area contributed by atoms with E-state index >= 15 is 0 Å². The fraction of sp³-hybridized carbons (Fsp3) is 0.190. The van der Waals surface area contributed by atoms with Gasteiger partial charge in [0, 0.05) is 17.5 Å². The zero-order chi connectivity index (χ0) is 18.1. The van der Waals surface area contributed by atoms with Crippen LogP contribution in [0.15, 0.2) is 60.1 Å². The van der Waals surface area contributed by atoms with Gasteiger partial charge in [-0.15, -0.1) is 11.3 Å². The number of nitriles is 1. The fourth-order valence-corrected chi connectivity index (χ4v) is 4.39. The van der Waals surface area contributed by atoms with Gasteiger partial charge in [0.2, 0.25) is 5.91 Å². The number of thiazole rings is 1. The summed E-state index contributed by atoms with van der Waals surface area (Å²) in [6, 6.07) is 18.0. The quantitative estimate of drug-likeness (QED) is 0.756. The Balaban J connectivity index is 1.81. The molecule has 2 aromatic carbocycles. The number of carbonyl (C=O) groups is 1. The molecule has 0 saturated heterocycles. The minimum atomic E-state index is -0.649. The van der Waals surface area contributed by atoms with E-state index in [-0.39, 0.29) is 11.8 Å². The van der Waals surface area contributed by atoms with Crippen molar-refractivity contribution < 1.29 is 4.79 Å². The Labute approximate surface area is 156 Å². The molecular formula is C21H17N3OS. The molecule has 1 aliphatic rings. The van der Waals surface area contributed by atoms with E-state index in [0.29, 0.717) is 17.1 Å². The normalized spacial score (nSPS) is 21.0. The first kappa shape index (κ1) is 16.5. The molecule has 1 aliphatic carbocycles. The molecule has 1 amide bonds. The second kappa shape index (κ2) is 6.40. The molecule has 5 heteroatoms. The number of hydrogen-bond donors (Lipinski definition) is 1. The minimum absolute atomic E-state index is 0.0454. The monoisotopic (exact) mass is 359 g/mol. The van der Waals surface area contributed by atoms with Gasteiger partial charge in [0.25, 0.3) is 0 Å². The van der Waals surface area contributed by atoms with Crippen molar-refractivity contribution in [1.29, 1.82) is 5.26 Å². The van der Waals surface area contributed by atoms with Crippen LogP contribution in [-0.2, 0) is 11.2 Å². The molecule has 2 unspecified atom stereocenters. The molecule has 4 nitrogen and oxygen atoms in total. The van der Waals surface area contributed by atoms with Crippen LogP contribution in [0.5, 0.6) is 0 Å². The summed E-state index contributed by atoms with van der Waals surface area (Å²) < 4.78 is 0. The van der Waals surface area contributed by atoms with Gasteiger partial charge in [-0.3, -0.25) is 4.79 Å². The molecule has 0 bridgehead atoms. The minimum Gasteiger partial charge on any atom is -0.301 e. The molecule has 4 rings (SSSR count). The molecular weight excluding hydrogens is 342 g/mol. The van der Waals surface area contributed by atoms with Crippen molar-refractivity contribution in [2.75, 3.05) is 5.32 Å². The van der Waals surface area contributed by atoms with Crippen LogP contribution in [0.3, 0.4) is 0 Å². The highest BCUT2D eigenvalue weighted by Gasteiger charge is 2.48. The Morgan fingerprint density at radius 2 is 2.12 bits per heavy atom. The summed E-state index contributed by atoms with van der Waals surface area (Å²) in [6.07, 6.45) is 2.31. The van der Waals surface area contributed by atoms with Gasteiger partial charge in [-0.25, -0.2) is 4.98 Å². The highest BCUT2D eigenvalue weighted by molar-refractivity contribution is 7.13. The molecule has 0 spiro atoms. The number of benzene rings is 2. The first-order valence-corrected chi connectivity index (χ1v) is 9.28. The predicted octanol–water partition coefficient (Wildman–Crippen LogP) is 4.35. The van der Waals surface area contributed by atoms with Gasteiger partial charge in [0.1, 0.15) is 0 Å². The topological polar surface area (TPSA) is 65.8 Å². The Bertz CT molecular complexity index is 992. The molecule has 2 atom stereocenters. The van der Waals surface area contributed by atoms with Crippen molar-refractivity contribution in [1.82, 2.24) is 4.98 Å². The molecule has 1 heterocycles. The van der Waals surface area contributed by atoms with Crippen molar-refractivity contribution in [3.05, 3.63) is 82.4 Å². The highest BCUT2D eigenvalue weighted by atomic mass is 32.1. The van der Waals surface area contributed by atoms with Gasteiger partial charge in [-0.05, 0) is 42.2 Å². The summed E-state index contributed by atoms with van der Waals surface area (Å²) >= 11 is 1.41. The van der Waals surface area contributed by atoms with Crippen LogP contribution in [0.1, 0.15) is 35.1 Å². The van der Waals surface area contributed by atoms with Crippen LogP contribution in [0.2, 0.25) is 0 Å². The third-order valence-electron chi connectivity index (χ3n) is 5.09. The van der Waals surface area contributed by atoms with Gasteiger partial charge >= 0.3 is 0 Å². The highest BCUT2D eigenvalue weighted by Crippen LogP contribution is 2.51. The third kappa shape index (κ3) is 2.69. The number of carbonyl (C=O) groups excluding carboxylic acids is 1. The van der Waals surface area contributed by atoms with Crippen LogP contribution in [0.4, 0.5) is 5.13 Å². The summed E-state index contributed by atoms with van der Waals surface area (Å²) in [7, 11) is 0. The first-order chi connectivity index (χ1) is 12.6. The van der Waals surface area contributed by atoms with Crippen LogP contribution >= 0.6 is 11.3 Å². The molecule has 3 aromatic rings. The largest absolute Gasteiger partial charge is 0.301 e. The number of anilines is 1. The van der Waals surface area contributed by atoms with Crippen LogP contribution in [0, 0.1) is 16.7 Å². The molecule has 1 N–H and O–H groups in total. The number of rotatable bonds is 3. The first-order valence-electron chi connectivity index (χ1n) is 8.40. The van der Waals surface area contributed by atoms with Crippen LogP contribution in [0.25, 0.3) is 0 Å². The number of fused-ring (bicyclic) bond motifs is 1. The summed E-state index contributed by atoms with van der Waals surface area (Å²) in [5.41, 5.74) is 3.23. The number of aromatic nitrogens is 1. The van der Waals surface area contributed by atoms with Crippen molar-refractivity contribution in [2.45, 2.75) is 19.3 Å². The Morgan fingerprint density at radius 1 is 1.31 bits per heavy atom. The maximum Gasteiger partial charge on any atom is 0.233 e. The summed E-state index contributed by atoms with van der Waals surface area (Å²) in [5, 5.41) is 14.7. The SMILES string of the molecule is CC1(C(=O)Nc2nccs2)Cc2ccc(C#N)cc2C1c1ccccc1. The second-order valence-corrected chi connectivity index (χ2v) is 7.65. The van der Waals surface area contributed by atoms with Gasteiger partial charge in [-0.1, -0.05) is 36.4 Å². The summed E-state index contributed by atoms with van der Waals surface area (Å²) in [5.74, 6) is -0.150. The standard InChI is InChI=1S/C21H17N3OS/c1-21(19(25)24-20-23-9-10-26-20)12-16-8-7-14(13-22)11-17(16)18(21)15-5-3-2-4-6-15/h2-11,18H,12H2,1H3,(H,23,24,25). The molecule has 0 fully saturated rings. The summed E-state index contributed by atoms with van der Waals surface area (Å²) in [6.45, 7) is 2.00. The lowest BCUT2D eigenvalue weighted by Gasteiger charge is -2.31. The van der Waals surface area contributed by atoms with E-state index in [9.17, 15) is 10.1 Å². The van der Waals surface area contributed by atoms with Gasteiger partial charge in [0.05, 0.1) is 17.0 Å². The van der Waals surface area contributed by atoms with Crippen molar-refractivity contribution >= 4 is 22.4 Å². The maximum atomic E-state index is 13.2. The smallest absolute Gasteiger partial charge is 0.233 e. The lowest BCUT2D eigenvalue weighted by atomic mass is 9.73. The van der Waals surface area contributed by atoms with Crippen molar-refractivity contribution in [3.63, 3.8) is 0 Å². The van der Waals surface area contributed by atoms with Gasteiger partial charge in [-0.2, -0.15) is 5.26 Å². The van der Waals surface area contributed by atoms with E-state index in [1.807, 2.05) is 60.8 Å². The number of hydrogen-bond acceptors (Lipinski definition) is 4. The van der Waals surface area contributed by atoms with E-state index in [1.165, 1.54) is 11.3 Å². The van der Waals surface area contributed by atoms with Crippen LogP contribution < -0.4 is 5.32 Å². The zero-order valence-corrected chi connectivity index (χ0v) is 15.1. The molecule has 0 saturated carbocycles. The van der Waals surface area contributed by atoms with Gasteiger partial charge < -0.3 is 5.32 Å². The third-order valence-corrected chi connectivity index (χ3v) is 5.77. The number of amides is 1. The molecule has 128 valence electrons. The molecule has 1 aromatic heterocycles. The van der Waals surface area contributed by atoms with Gasteiger partial charge in [0.15, 0.2) is 5.13 Å². The van der Waals surface area contributed by atoms with E-state index in [2.05, 4.69) is 16.4 Å². The Kier molecular flexibility index (Phi) is 4.06. The van der Waals surface area contributed by atoms with E-state index < -0.39 is 5.41 Å². The van der Waals surface area contributed by atoms with E-state index in [0.717, 1.165) is 16.7 Å². The Hall–Kier alpha value is -2.97. The molecule has 0 radical (unpaired) electrons. The average molecular weight is 359 g/mol. The average Bonchev–Trinajstić information content (AvgIpc) is 3.27. The zero-order valence-electron chi connectivity index (χ0n) is 14.3. The maximum absolute atomic E-state index is 13.2. The van der Waals surface area contributed by atoms with Crippen molar-refractivity contribution in [3.8, 4) is 6.07 Å². The lowest BCUT2D eigenvalue weighted by molar-refractivity contribution is -0.125. The molecule has 26 heavy (non-hydrogen) atoms. The van der Waals surface area contributed by atoms with E-state index in [1.54, 1.807) is 6.20 Å². The second-order valence-electron chi connectivity index (χ2n) is 6.75.